The van der Waals surface area contributed by atoms with Crippen molar-refractivity contribution in [1.82, 2.24) is 0 Å². The Kier molecular flexibility index (Phi) is 5.05. The molecule has 0 bridgehead atoms. The molecule has 6 heteroatoms. The molecule has 2 rings (SSSR count). The molecule has 0 spiro atoms. The molecule has 120 valence electrons. The predicted octanol–water partition coefficient (Wildman–Crippen LogP) is 4.01. The summed E-state index contributed by atoms with van der Waals surface area (Å²) in [6.45, 7) is 2.75. The highest BCUT2D eigenvalue weighted by molar-refractivity contribution is 5.81. The number of ether oxygens (including phenoxy) is 2. The van der Waals surface area contributed by atoms with Gasteiger partial charge in [0.05, 0.1) is 7.11 Å². The molecule has 23 heavy (non-hydrogen) atoms. The standard InChI is InChI=1S/C17H13F3O3/c1-3-15(21)23-9-10-4-6-13(17(20)16(10)19)12-7-5-11(22-2)8-14(12)18/h3-8H,1,9H2,2H3. The van der Waals surface area contributed by atoms with E-state index in [1.54, 1.807) is 0 Å². The van der Waals surface area contributed by atoms with Gasteiger partial charge in [-0.1, -0.05) is 18.7 Å². The van der Waals surface area contributed by atoms with Crippen LogP contribution in [0.5, 0.6) is 5.75 Å². The molecule has 0 aromatic heterocycles. The molecular formula is C17H13F3O3. The molecule has 0 aliphatic carbocycles. The number of rotatable bonds is 5. The molecule has 3 nitrogen and oxygen atoms in total. The van der Waals surface area contributed by atoms with E-state index >= 15 is 0 Å². The lowest BCUT2D eigenvalue weighted by Gasteiger charge is -2.10. The van der Waals surface area contributed by atoms with Crippen LogP contribution in [-0.4, -0.2) is 13.1 Å². The summed E-state index contributed by atoms with van der Waals surface area (Å²) in [5, 5.41) is 0. The summed E-state index contributed by atoms with van der Waals surface area (Å²) < 4.78 is 51.7. The van der Waals surface area contributed by atoms with Gasteiger partial charge in [-0.2, -0.15) is 0 Å². The predicted molar refractivity (Wildman–Crippen MR) is 78.3 cm³/mol. The molecule has 0 heterocycles. The SMILES string of the molecule is C=CC(=O)OCc1ccc(-c2ccc(OC)cc2F)c(F)c1F. The van der Waals surface area contributed by atoms with Gasteiger partial charge in [-0.3, -0.25) is 0 Å². The fraction of sp³-hybridized carbons (Fsp3) is 0.118. The Balaban J connectivity index is 2.37. The minimum atomic E-state index is -1.22. The van der Waals surface area contributed by atoms with Crippen molar-refractivity contribution in [2.45, 2.75) is 6.61 Å². The van der Waals surface area contributed by atoms with E-state index < -0.39 is 30.0 Å². The Morgan fingerprint density at radius 2 is 1.83 bits per heavy atom. The molecule has 2 aromatic carbocycles. The van der Waals surface area contributed by atoms with Crippen LogP contribution in [0.1, 0.15) is 5.56 Å². The molecule has 0 saturated heterocycles. The average Bonchev–Trinajstić information content (AvgIpc) is 2.56. The number of carbonyl (C=O) groups excluding carboxylic acids is 1. The van der Waals surface area contributed by atoms with Gasteiger partial charge in [0, 0.05) is 28.8 Å². The maximum atomic E-state index is 14.2. The van der Waals surface area contributed by atoms with Crippen molar-refractivity contribution in [2.75, 3.05) is 7.11 Å². The van der Waals surface area contributed by atoms with Gasteiger partial charge < -0.3 is 9.47 Å². The minimum absolute atomic E-state index is 0.100. The van der Waals surface area contributed by atoms with Gasteiger partial charge in [0.25, 0.3) is 0 Å². The van der Waals surface area contributed by atoms with Gasteiger partial charge in [0.2, 0.25) is 0 Å². The molecule has 0 unspecified atom stereocenters. The van der Waals surface area contributed by atoms with Gasteiger partial charge in [0.1, 0.15) is 18.2 Å². The van der Waals surface area contributed by atoms with Gasteiger partial charge in [-0.05, 0) is 12.1 Å². The third kappa shape index (κ3) is 3.53. The molecule has 0 aliphatic heterocycles. The Morgan fingerprint density at radius 3 is 2.43 bits per heavy atom. The van der Waals surface area contributed by atoms with Crippen molar-refractivity contribution < 1.29 is 27.4 Å². The number of carbonyl (C=O) groups is 1. The fourth-order valence-electron chi connectivity index (χ4n) is 1.96. The first kappa shape index (κ1) is 16.6. The summed E-state index contributed by atoms with van der Waals surface area (Å²) in [5.74, 6) is -3.65. The quantitative estimate of drug-likeness (QED) is 0.616. The van der Waals surface area contributed by atoms with E-state index in [1.165, 1.54) is 31.4 Å². The van der Waals surface area contributed by atoms with Crippen molar-refractivity contribution in [3.05, 3.63) is 66.0 Å². The highest BCUT2D eigenvalue weighted by Crippen LogP contribution is 2.30. The van der Waals surface area contributed by atoms with E-state index in [2.05, 4.69) is 11.3 Å². The van der Waals surface area contributed by atoms with E-state index in [0.717, 1.165) is 12.1 Å². The molecular weight excluding hydrogens is 309 g/mol. The molecule has 0 fully saturated rings. The van der Waals surface area contributed by atoms with Gasteiger partial charge in [-0.25, -0.2) is 18.0 Å². The number of hydrogen-bond acceptors (Lipinski definition) is 3. The number of halogens is 3. The fourth-order valence-corrected chi connectivity index (χ4v) is 1.96. The third-order valence-corrected chi connectivity index (χ3v) is 3.17. The lowest BCUT2D eigenvalue weighted by Crippen LogP contribution is -2.04. The van der Waals surface area contributed by atoms with Crippen LogP contribution in [0, 0.1) is 17.5 Å². The van der Waals surface area contributed by atoms with Gasteiger partial charge >= 0.3 is 5.97 Å². The van der Waals surface area contributed by atoms with Crippen LogP contribution in [0.2, 0.25) is 0 Å². The van der Waals surface area contributed by atoms with Crippen LogP contribution in [-0.2, 0) is 16.1 Å². The summed E-state index contributed by atoms with van der Waals surface area (Å²) in [6, 6.07) is 6.26. The second-order valence-electron chi connectivity index (χ2n) is 4.56. The number of methoxy groups -OCH3 is 1. The molecule has 2 aromatic rings. The first-order valence-electron chi connectivity index (χ1n) is 6.58. The largest absolute Gasteiger partial charge is 0.497 e. The minimum Gasteiger partial charge on any atom is -0.497 e. The van der Waals surface area contributed by atoms with Gasteiger partial charge in [-0.15, -0.1) is 0 Å². The zero-order valence-electron chi connectivity index (χ0n) is 12.2. The first-order chi connectivity index (χ1) is 11.0. The second kappa shape index (κ2) is 7.00. The summed E-state index contributed by atoms with van der Waals surface area (Å²) in [4.78, 5) is 11.0. The maximum absolute atomic E-state index is 14.2. The molecule has 0 saturated carbocycles. The zero-order chi connectivity index (χ0) is 17.0. The zero-order valence-corrected chi connectivity index (χ0v) is 12.2. The summed E-state index contributed by atoms with van der Waals surface area (Å²) >= 11 is 0. The lowest BCUT2D eigenvalue weighted by atomic mass is 10.0. The molecule has 0 atom stereocenters. The van der Waals surface area contributed by atoms with E-state index in [0.29, 0.717) is 0 Å². The van der Waals surface area contributed by atoms with Gasteiger partial charge in [0.15, 0.2) is 11.6 Å². The highest BCUT2D eigenvalue weighted by atomic mass is 19.2. The monoisotopic (exact) mass is 322 g/mol. The van der Waals surface area contributed by atoms with Crippen LogP contribution in [0.4, 0.5) is 13.2 Å². The maximum Gasteiger partial charge on any atom is 0.330 e. The van der Waals surface area contributed by atoms with E-state index in [1.807, 2.05) is 0 Å². The Morgan fingerprint density at radius 1 is 1.13 bits per heavy atom. The van der Waals surface area contributed by atoms with Crippen molar-refractivity contribution in [3.63, 3.8) is 0 Å². The normalized spacial score (nSPS) is 10.3. The third-order valence-electron chi connectivity index (χ3n) is 3.17. The number of esters is 1. The number of benzene rings is 2. The van der Waals surface area contributed by atoms with Crippen molar-refractivity contribution in [1.29, 1.82) is 0 Å². The summed E-state index contributed by atoms with van der Waals surface area (Å²) in [7, 11) is 1.37. The molecule has 0 radical (unpaired) electrons. The molecule has 0 aliphatic rings. The van der Waals surface area contributed by atoms with Crippen LogP contribution in [0.25, 0.3) is 11.1 Å². The van der Waals surface area contributed by atoms with Crippen LogP contribution in [0.3, 0.4) is 0 Å². The topological polar surface area (TPSA) is 35.5 Å². The summed E-state index contributed by atoms with van der Waals surface area (Å²) in [5.41, 5.74) is -0.492. The van der Waals surface area contributed by atoms with Crippen LogP contribution < -0.4 is 4.74 Å². The Bertz CT molecular complexity index is 757. The van der Waals surface area contributed by atoms with Crippen LogP contribution >= 0.6 is 0 Å². The van der Waals surface area contributed by atoms with Crippen molar-refractivity contribution in [3.8, 4) is 16.9 Å². The molecule has 0 N–H and O–H groups in total. The first-order valence-corrected chi connectivity index (χ1v) is 6.58. The summed E-state index contributed by atoms with van der Waals surface area (Å²) in [6.07, 6.45) is 0.912. The van der Waals surface area contributed by atoms with Crippen molar-refractivity contribution in [2.24, 2.45) is 0 Å². The lowest BCUT2D eigenvalue weighted by molar-refractivity contribution is -0.139. The van der Waals surface area contributed by atoms with E-state index in [4.69, 9.17) is 4.74 Å². The second-order valence-corrected chi connectivity index (χ2v) is 4.56. The number of hydrogen-bond donors (Lipinski definition) is 0. The smallest absolute Gasteiger partial charge is 0.330 e. The van der Waals surface area contributed by atoms with Crippen molar-refractivity contribution >= 4 is 5.97 Å². The Hall–Kier alpha value is -2.76. The van der Waals surface area contributed by atoms with E-state index in [-0.39, 0.29) is 22.4 Å². The van der Waals surface area contributed by atoms with E-state index in [9.17, 15) is 18.0 Å². The Labute approximate surface area is 131 Å². The van der Waals surface area contributed by atoms with Crippen LogP contribution in [0.15, 0.2) is 43.0 Å². The highest BCUT2D eigenvalue weighted by Gasteiger charge is 2.18. The molecule has 0 amide bonds. The average molecular weight is 322 g/mol.